The van der Waals surface area contributed by atoms with E-state index in [9.17, 15) is 4.79 Å². The van der Waals surface area contributed by atoms with E-state index in [-0.39, 0.29) is 11.9 Å². The monoisotopic (exact) mass is 222 g/mol. The molecular weight excluding hydrogens is 204 g/mol. The molecule has 1 aromatic heterocycles. The van der Waals surface area contributed by atoms with Crippen LogP contribution in [-0.4, -0.2) is 34.8 Å². The Morgan fingerprint density at radius 3 is 3.06 bits per heavy atom. The first-order valence-electron chi connectivity index (χ1n) is 5.75. The van der Waals surface area contributed by atoms with E-state index in [2.05, 4.69) is 10.4 Å². The Hall–Kier alpha value is -1.36. The Morgan fingerprint density at radius 2 is 2.44 bits per heavy atom. The topological polar surface area (TPSA) is 50.2 Å². The largest absolute Gasteiger partial charge is 0.308 e. The molecule has 1 aliphatic rings. The third-order valence-electron chi connectivity index (χ3n) is 2.89. The molecule has 16 heavy (non-hydrogen) atoms. The molecule has 0 radical (unpaired) electrons. The second-order valence-electron chi connectivity index (χ2n) is 4.11. The SMILES string of the molecule is CCNC1CCCN(c2cnn(C)c2)C1=O. The number of aromatic nitrogens is 2. The molecule has 2 rings (SSSR count). The van der Waals surface area contributed by atoms with Crippen molar-refractivity contribution in [2.75, 3.05) is 18.0 Å². The van der Waals surface area contributed by atoms with Crippen LogP contribution in [0.2, 0.25) is 0 Å². The van der Waals surface area contributed by atoms with Gasteiger partial charge in [0.2, 0.25) is 5.91 Å². The third kappa shape index (κ3) is 2.09. The highest BCUT2D eigenvalue weighted by Gasteiger charge is 2.29. The van der Waals surface area contributed by atoms with Gasteiger partial charge in [-0.25, -0.2) is 0 Å². The van der Waals surface area contributed by atoms with Crippen molar-refractivity contribution in [2.45, 2.75) is 25.8 Å². The van der Waals surface area contributed by atoms with Crippen LogP contribution in [0.5, 0.6) is 0 Å². The summed E-state index contributed by atoms with van der Waals surface area (Å²) in [7, 11) is 1.86. The maximum Gasteiger partial charge on any atom is 0.244 e. The van der Waals surface area contributed by atoms with Crippen molar-refractivity contribution in [3.05, 3.63) is 12.4 Å². The second kappa shape index (κ2) is 4.65. The fourth-order valence-corrected chi connectivity index (χ4v) is 2.12. The summed E-state index contributed by atoms with van der Waals surface area (Å²) in [5.41, 5.74) is 0.898. The van der Waals surface area contributed by atoms with Crippen molar-refractivity contribution < 1.29 is 4.79 Å². The van der Waals surface area contributed by atoms with Crippen LogP contribution in [0.15, 0.2) is 12.4 Å². The maximum atomic E-state index is 12.2. The lowest BCUT2D eigenvalue weighted by atomic mass is 10.0. The van der Waals surface area contributed by atoms with Gasteiger partial charge in [0.05, 0.1) is 17.9 Å². The average Bonchev–Trinajstić information content (AvgIpc) is 2.68. The quantitative estimate of drug-likeness (QED) is 0.811. The lowest BCUT2D eigenvalue weighted by Crippen LogP contribution is -2.50. The smallest absolute Gasteiger partial charge is 0.244 e. The predicted molar refractivity (Wildman–Crippen MR) is 62.3 cm³/mol. The number of rotatable bonds is 3. The average molecular weight is 222 g/mol. The van der Waals surface area contributed by atoms with E-state index in [4.69, 9.17) is 0 Å². The molecule has 1 aromatic rings. The van der Waals surface area contributed by atoms with Gasteiger partial charge in [0.25, 0.3) is 0 Å². The summed E-state index contributed by atoms with van der Waals surface area (Å²) in [5, 5.41) is 7.32. The van der Waals surface area contributed by atoms with Crippen molar-refractivity contribution >= 4 is 11.6 Å². The Bertz CT molecular complexity index is 372. The molecule has 1 fully saturated rings. The summed E-state index contributed by atoms with van der Waals surface area (Å²) >= 11 is 0. The van der Waals surface area contributed by atoms with Gasteiger partial charge in [-0.15, -0.1) is 0 Å². The molecule has 1 N–H and O–H groups in total. The van der Waals surface area contributed by atoms with Crippen molar-refractivity contribution in [3.8, 4) is 0 Å². The van der Waals surface area contributed by atoms with E-state index in [0.29, 0.717) is 0 Å². The van der Waals surface area contributed by atoms with Gasteiger partial charge in [-0.3, -0.25) is 9.48 Å². The number of anilines is 1. The Labute approximate surface area is 95.4 Å². The second-order valence-corrected chi connectivity index (χ2v) is 4.11. The van der Waals surface area contributed by atoms with E-state index in [1.54, 1.807) is 10.9 Å². The van der Waals surface area contributed by atoms with Crippen molar-refractivity contribution in [3.63, 3.8) is 0 Å². The predicted octanol–water partition coefficient (Wildman–Crippen LogP) is 0.525. The van der Waals surface area contributed by atoms with Gasteiger partial charge in [-0.2, -0.15) is 5.10 Å². The van der Waals surface area contributed by atoms with Crippen molar-refractivity contribution in [1.82, 2.24) is 15.1 Å². The number of carbonyl (C=O) groups excluding carboxylic acids is 1. The highest BCUT2D eigenvalue weighted by molar-refractivity contribution is 5.97. The third-order valence-corrected chi connectivity index (χ3v) is 2.89. The van der Waals surface area contributed by atoms with E-state index in [1.807, 2.05) is 25.1 Å². The molecule has 0 spiro atoms. The number of aryl methyl sites for hydroxylation is 1. The minimum absolute atomic E-state index is 0.0287. The zero-order valence-corrected chi connectivity index (χ0v) is 9.81. The molecule has 2 heterocycles. The van der Waals surface area contributed by atoms with Crippen LogP contribution >= 0.6 is 0 Å². The molecule has 0 aliphatic carbocycles. The van der Waals surface area contributed by atoms with Crippen LogP contribution in [0, 0.1) is 0 Å². The van der Waals surface area contributed by atoms with Crippen molar-refractivity contribution in [2.24, 2.45) is 7.05 Å². The molecule has 1 atom stereocenters. The molecule has 1 aliphatic heterocycles. The minimum Gasteiger partial charge on any atom is -0.308 e. The summed E-state index contributed by atoms with van der Waals surface area (Å²) < 4.78 is 1.72. The van der Waals surface area contributed by atoms with Crippen LogP contribution in [0.25, 0.3) is 0 Å². The first-order chi connectivity index (χ1) is 7.72. The van der Waals surface area contributed by atoms with Gasteiger partial charge >= 0.3 is 0 Å². The highest BCUT2D eigenvalue weighted by Crippen LogP contribution is 2.20. The Morgan fingerprint density at radius 1 is 1.62 bits per heavy atom. The number of likely N-dealkylation sites (N-methyl/N-ethyl adjacent to an activating group) is 1. The number of hydrogen-bond acceptors (Lipinski definition) is 3. The highest BCUT2D eigenvalue weighted by atomic mass is 16.2. The van der Waals surface area contributed by atoms with Gasteiger partial charge in [0.15, 0.2) is 0 Å². The van der Waals surface area contributed by atoms with Gasteiger partial charge in [-0.1, -0.05) is 6.92 Å². The van der Waals surface area contributed by atoms with Crippen LogP contribution in [0.3, 0.4) is 0 Å². The summed E-state index contributed by atoms with van der Waals surface area (Å²) in [5.74, 6) is 0.168. The number of piperidine rings is 1. The Kier molecular flexibility index (Phi) is 3.24. The van der Waals surface area contributed by atoms with Crippen LogP contribution < -0.4 is 10.2 Å². The van der Waals surface area contributed by atoms with E-state index < -0.39 is 0 Å². The molecule has 1 saturated heterocycles. The van der Waals surface area contributed by atoms with Gasteiger partial charge in [-0.05, 0) is 19.4 Å². The number of nitrogens with zero attached hydrogens (tertiary/aromatic N) is 3. The molecule has 1 unspecified atom stereocenters. The molecule has 88 valence electrons. The molecule has 1 amide bonds. The van der Waals surface area contributed by atoms with Gasteiger partial charge < -0.3 is 10.2 Å². The normalized spacial score (nSPS) is 21.5. The summed E-state index contributed by atoms with van der Waals surface area (Å²) in [6.45, 7) is 3.65. The van der Waals surface area contributed by atoms with E-state index in [0.717, 1.165) is 31.6 Å². The lowest BCUT2D eigenvalue weighted by molar-refractivity contribution is -0.121. The van der Waals surface area contributed by atoms with Crippen LogP contribution in [-0.2, 0) is 11.8 Å². The summed E-state index contributed by atoms with van der Waals surface area (Å²) in [6.07, 6.45) is 5.60. The fraction of sp³-hybridized carbons (Fsp3) is 0.636. The number of nitrogens with one attached hydrogen (secondary N) is 1. The van der Waals surface area contributed by atoms with Crippen LogP contribution in [0.1, 0.15) is 19.8 Å². The summed E-state index contributed by atoms with van der Waals surface area (Å²) in [4.78, 5) is 14.0. The first-order valence-corrected chi connectivity index (χ1v) is 5.75. The van der Waals surface area contributed by atoms with E-state index in [1.165, 1.54) is 0 Å². The zero-order valence-electron chi connectivity index (χ0n) is 9.81. The molecule has 0 saturated carbocycles. The zero-order chi connectivity index (χ0) is 11.5. The summed E-state index contributed by atoms with van der Waals surface area (Å²) in [6, 6.07) is -0.0287. The number of amides is 1. The van der Waals surface area contributed by atoms with Crippen LogP contribution in [0.4, 0.5) is 5.69 Å². The number of carbonyl (C=O) groups is 1. The van der Waals surface area contributed by atoms with Gasteiger partial charge in [0, 0.05) is 19.8 Å². The van der Waals surface area contributed by atoms with Crippen molar-refractivity contribution in [1.29, 1.82) is 0 Å². The fourth-order valence-electron chi connectivity index (χ4n) is 2.12. The lowest BCUT2D eigenvalue weighted by Gasteiger charge is -2.31. The molecule has 0 bridgehead atoms. The molecule has 0 aromatic carbocycles. The Balaban J connectivity index is 2.12. The molecule has 5 nitrogen and oxygen atoms in total. The molecular formula is C11H18N4O. The standard InChI is InChI=1S/C11H18N4O/c1-3-12-10-5-4-6-15(11(10)16)9-7-13-14(2)8-9/h7-8,10,12H,3-6H2,1-2H3. The number of hydrogen-bond donors (Lipinski definition) is 1. The maximum absolute atomic E-state index is 12.2. The van der Waals surface area contributed by atoms with E-state index >= 15 is 0 Å². The first kappa shape index (κ1) is 11.1. The molecule has 5 heteroatoms. The minimum atomic E-state index is -0.0287. The van der Waals surface area contributed by atoms with Gasteiger partial charge in [0.1, 0.15) is 0 Å².